The van der Waals surface area contributed by atoms with Crippen LogP contribution in [0.3, 0.4) is 0 Å². The van der Waals surface area contributed by atoms with Crippen molar-refractivity contribution in [1.82, 2.24) is 9.97 Å². The van der Waals surface area contributed by atoms with Crippen molar-refractivity contribution < 1.29 is 0 Å². The molecule has 0 aromatic carbocycles. The maximum atomic E-state index is 4.40. The molecule has 0 spiro atoms. The predicted octanol–water partition coefficient (Wildman–Crippen LogP) is 3.24. The Bertz CT molecular complexity index is 324. The van der Waals surface area contributed by atoms with Gasteiger partial charge in [-0.25, -0.2) is 9.97 Å². The molecule has 78 valence electrons. The van der Waals surface area contributed by atoms with E-state index in [9.17, 15) is 0 Å². The molecule has 1 rings (SSSR count). The van der Waals surface area contributed by atoms with Gasteiger partial charge in [-0.05, 0) is 30.7 Å². The summed E-state index contributed by atoms with van der Waals surface area (Å²) >= 11 is 0. The van der Waals surface area contributed by atoms with E-state index in [1.807, 2.05) is 13.1 Å². The molecule has 0 N–H and O–H groups in total. The number of hydrogen-bond acceptors (Lipinski definition) is 2. The van der Waals surface area contributed by atoms with Gasteiger partial charge in [0, 0.05) is 11.9 Å². The van der Waals surface area contributed by atoms with Crippen LogP contribution >= 0.6 is 0 Å². The summed E-state index contributed by atoms with van der Waals surface area (Å²) in [7, 11) is 0. The van der Waals surface area contributed by atoms with E-state index in [0.29, 0.717) is 5.92 Å². The van der Waals surface area contributed by atoms with E-state index in [0.717, 1.165) is 11.5 Å². The second kappa shape index (κ2) is 3.68. The fraction of sp³-hybridized carbons (Fsp3) is 0.667. The smallest absolute Gasteiger partial charge is 0.125 e. The Balaban J connectivity index is 3.08. The monoisotopic (exact) mass is 192 g/mol. The van der Waals surface area contributed by atoms with Gasteiger partial charge < -0.3 is 0 Å². The van der Waals surface area contributed by atoms with E-state index in [-0.39, 0.29) is 5.41 Å². The molecule has 0 fully saturated rings. The summed E-state index contributed by atoms with van der Waals surface area (Å²) in [5, 5.41) is 0. The minimum absolute atomic E-state index is 0.267. The average Bonchev–Trinajstić information content (AvgIpc) is 2.01. The second-order valence-electron chi connectivity index (χ2n) is 5.05. The molecule has 2 nitrogen and oxygen atoms in total. The second-order valence-corrected chi connectivity index (χ2v) is 5.05. The third-order valence-electron chi connectivity index (χ3n) is 2.90. The minimum Gasteiger partial charge on any atom is -0.241 e. The van der Waals surface area contributed by atoms with Gasteiger partial charge in [-0.1, -0.05) is 27.7 Å². The van der Waals surface area contributed by atoms with Crippen LogP contribution in [0.4, 0.5) is 0 Å². The van der Waals surface area contributed by atoms with Gasteiger partial charge in [0.05, 0.1) is 0 Å². The highest BCUT2D eigenvalue weighted by Crippen LogP contribution is 2.34. The lowest BCUT2D eigenvalue weighted by Crippen LogP contribution is -2.17. The van der Waals surface area contributed by atoms with Crippen LogP contribution in [0.15, 0.2) is 6.20 Å². The molecule has 1 unspecified atom stereocenters. The Hall–Kier alpha value is -0.920. The van der Waals surface area contributed by atoms with Gasteiger partial charge in [-0.2, -0.15) is 0 Å². The first kappa shape index (κ1) is 11.2. The van der Waals surface area contributed by atoms with Crippen molar-refractivity contribution in [3.05, 3.63) is 23.3 Å². The molecule has 0 aliphatic rings. The van der Waals surface area contributed by atoms with E-state index < -0.39 is 0 Å². The van der Waals surface area contributed by atoms with E-state index >= 15 is 0 Å². The van der Waals surface area contributed by atoms with Crippen LogP contribution in [0.5, 0.6) is 0 Å². The van der Waals surface area contributed by atoms with Crippen molar-refractivity contribution in [2.24, 2.45) is 5.41 Å². The fourth-order valence-corrected chi connectivity index (χ4v) is 1.48. The Morgan fingerprint density at radius 3 is 2.21 bits per heavy atom. The molecule has 2 heteroatoms. The Morgan fingerprint density at radius 2 is 1.79 bits per heavy atom. The number of aryl methyl sites for hydroxylation is 2. The molecule has 0 saturated heterocycles. The van der Waals surface area contributed by atoms with E-state index in [2.05, 4.69) is 44.6 Å². The zero-order chi connectivity index (χ0) is 10.9. The Morgan fingerprint density at radius 1 is 1.21 bits per heavy atom. The van der Waals surface area contributed by atoms with Crippen molar-refractivity contribution in [2.45, 2.75) is 47.5 Å². The van der Waals surface area contributed by atoms with Crippen molar-refractivity contribution in [2.75, 3.05) is 0 Å². The molecule has 14 heavy (non-hydrogen) atoms. The van der Waals surface area contributed by atoms with Gasteiger partial charge in [0.15, 0.2) is 0 Å². The lowest BCUT2D eigenvalue weighted by Gasteiger charge is -2.28. The molecular weight excluding hydrogens is 172 g/mol. The van der Waals surface area contributed by atoms with Crippen molar-refractivity contribution in [1.29, 1.82) is 0 Å². The van der Waals surface area contributed by atoms with Crippen LogP contribution in [0.25, 0.3) is 0 Å². The quantitative estimate of drug-likeness (QED) is 0.682. The molecule has 0 aliphatic heterocycles. The molecule has 0 radical (unpaired) electrons. The SMILES string of the molecule is Cc1ncc(C(C)C(C)(C)C)c(C)n1. The number of hydrogen-bond donors (Lipinski definition) is 0. The van der Waals surface area contributed by atoms with Gasteiger partial charge in [0.1, 0.15) is 5.82 Å². The maximum Gasteiger partial charge on any atom is 0.125 e. The zero-order valence-electron chi connectivity index (χ0n) is 10.0. The standard InChI is InChI=1S/C12H20N2/c1-8(12(4,5)6)11-7-13-10(3)14-9(11)2/h7-8H,1-6H3. The minimum atomic E-state index is 0.267. The Kier molecular flexibility index (Phi) is 2.93. The highest BCUT2D eigenvalue weighted by Gasteiger charge is 2.23. The normalized spacial score (nSPS) is 14.1. The lowest BCUT2D eigenvalue weighted by atomic mass is 9.78. The molecular formula is C12H20N2. The first-order valence-corrected chi connectivity index (χ1v) is 5.12. The fourth-order valence-electron chi connectivity index (χ4n) is 1.48. The molecule has 1 atom stereocenters. The third-order valence-corrected chi connectivity index (χ3v) is 2.90. The van der Waals surface area contributed by atoms with Crippen molar-refractivity contribution in [3.8, 4) is 0 Å². The molecule has 1 aromatic heterocycles. The van der Waals surface area contributed by atoms with Crippen LogP contribution < -0.4 is 0 Å². The average molecular weight is 192 g/mol. The highest BCUT2D eigenvalue weighted by atomic mass is 14.9. The molecule has 0 amide bonds. The van der Waals surface area contributed by atoms with Crippen LogP contribution in [-0.4, -0.2) is 9.97 Å². The highest BCUT2D eigenvalue weighted by molar-refractivity contribution is 5.22. The van der Waals surface area contributed by atoms with Gasteiger partial charge in [-0.15, -0.1) is 0 Å². The number of aromatic nitrogens is 2. The van der Waals surface area contributed by atoms with Crippen LogP contribution in [-0.2, 0) is 0 Å². The summed E-state index contributed by atoms with van der Waals surface area (Å²) in [6, 6.07) is 0. The summed E-state index contributed by atoms with van der Waals surface area (Å²) in [5.74, 6) is 1.34. The van der Waals surface area contributed by atoms with Crippen LogP contribution in [0.2, 0.25) is 0 Å². The largest absolute Gasteiger partial charge is 0.241 e. The third kappa shape index (κ3) is 2.31. The first-order valence-electron chi connectivity index (χ1n) is 5.12. The number of rotatable bonds is 1. The summed E-state index contributed by atoms with van der Waals surface area (Å²) in [4.78, 5) is 8.66. The summed E-state index contributed by atoms with van der Waals surface area (Å²) < 4.78 is 0. The maximum absolute atomic E-state index is 4.40. The van der Waals surface area contributed by atoms with Gasteiger partial charge in [0.25, 0.3) is 0 Å². The number of nitrogens with zero attached hydrogens (tertiary/aromatic N) is 2. The van der Waals surface area contributed by atoms with Gasteiger partial charge in [-0.3, -0.25) is 0 Å². The molecule has 1 heterocycles. The lowest BCUT2D eigenvalue weighted by molar-refractivity contribution is 0.337. The molecule has 0 bridgehead atoms. The first-order chi connectivity index (χ1) is 6.32. The zero-order valence-corrected chi connectivity index (χ0v) is 10.0. The van der Waals surface area contributed by atoms with E-state index in [1.165, 1.54) is 5.56 Å². The van der Waals surface area contributed by atoms with E-state index in [1.54, 1.807) is 0 Å². The van der Waals surface area contributed by atoms with Gasteiger partial charge >= 0.3 is 0 Å². The molecule has 0 saturated carbocycles. The summed E-state index contributed by atoms with van der Waals surface area (Å²) in [6.45, 7) is 13.0. The molecule has 1 aromatic rings. The van der Waals surface area contributed by atoms with Crippen LogP contribution in [0.1, 0.15) is 50.7 Å². The van der Waals surface area contributed by atoms with Crippen molar-refractivity contribution in [3.63, 3.8) is 0 Å². The van der Waals surface area contributed by atoms with E-state index in [4.69, 9.17) is 0 Å². The Labute approximate surface area is 86.8 Å². The summed E-state index contributed by atoms with van der Waals surface area (Å²) in [5.41, 5.74) is 2.65. The topological polar surface area (TPSA) is 25.8 Å². The van der Waals surface area contributed by atoms with Gasteiger partial charge in [0.2, 0.25) is 0 Å². The summed E-state index contributed by atoms with van der Waals surface area (Å²) in [6.07, 6.45) is 1.97. The predicted molar refractivity (Wildman–Crippen MR) is 59.4 cm³/mol. The van der Waals surface area contributed by atoms with Crippen molar-refractivity contribution >= 4 is 0 Å². The van der Waals surface area contributed by atoms with Crippen LogP contribution in [0, 0.1) is 19.3 Å². The molecule has 0 aliphatic carbocycles.